The van der Waals surface area contributed by atoms with Gasteiger partial charge < -0.3 is 0 Å². The van der Waals surface area contributed by atoms with Gasteiger partial charge in [0.2, 0.25) is 0 Å². The summed E-state index contributed by atoms with van der Waals surface area (Å²) in [6, 6.07) is 0. The van der Waals surface area contributed by atoms with E-state index in [-0.39, 0.29) is 0 Å². The Bertz CT molecular complexity index is 266. The normalized spacial score (nSPS) is 11.6. The Morgan fingerprint density at radius 3 is 1.73 bits per heavy atom. The Morgan fingerprint density at radius 2 is 1.41 bits per heavy atom. The summed E-state index contributed by atoms with van der Waals surface area (Å²) in [6.45, 7) is 7.94. The number of hydrogen-bond acceptors (Lipinski definition) is 2. The van der Waals surface area contributed by atoms with E-state index in [9.17, 15) is 9.90 Å². The average Bonchev–Trinajstić information content (AvgIpc) is 2.52. The predicted octanol–water partition coefficient (Wildman–Crippen LogP) is 4.70. The number of nitrogens with zero attached hydrogens (tertiary/aromatic N) is 1. The van der Waals surface area contributed by atoms with E-state index >= 15 is 0 Å². The van der Waals surface area contributed by atoms with Gasteiger partial charge in [0.1, 0.15) is 0 Å². The van der Waals surface area contributed by atoms with E-state index in [1.54, 1.807) is 4.90 Å². The van der Waals surface area contributed by atoms with Crippen LogP contribution in [0.5, 0.6) is 0 Å². The van der Waals surface area contributed by atoms with Gasteiger partial charge in [0, 0.05) is 0 Å². The molecule has 5 heteroatoms. The zero-order valence-electron chi connectivity index (χ0n) is 15.1. The van der Waals surface area contributed by atoms with Gasteiger partial charge >= 0.3 is 142 Å². The first-order valence-corrected chi connectivity index (χ1v) is 17.3. The molecule has 0 spiro atoms. The molecule has 4 nitrogen and oxygen atoms in total. The van der Waals surface area contributed by atoms with Gasteiger partial charge in [-0.25, -0.2) is 0 Å². The first-order valence-electron chi connectivity index (χ1n) is 9.23. The molecular weight excluding hydrogens is 383 g/mol. The minimum absolute atomic E-state index is 0.575. The molecule has 0 aliphatic heterocycles. The molecule has 0 radical (unpaired) electrons. The van der Waals surface area contributed by atoms with Crippen molar-refractivity contribution in [1.82, 2.24) is 4.90 Å². The Morgan fingerprint density at radius 1 is 0.955 bits per heavy atom. The van der Waals surface area contributed by atoms with Crippen molar-refractivity contribution in [3.05, 3.63) is 0 Å². The first-order chi connectivity index (χ1) is 10.5. The van der Waals surface area contributed by atoms with Crippen molar-refractivity contribution in [2.45, 2.75) is 79.0 Å². The van der Waals surface area contributed by atoms with Crippen LogP contribution in [-0.4, -0.2) is 52.1 Å². The Kier molecular flexibility index (Phi) is 13.5. The minimum atomic E-state index is -2.40. The van der Waals surface area contributed by atoms with Crippen molar-refractivity contribution in [3.63, 3.8) is 0 Å². The molecule has 0 unspecified atom stereocenters. The van der Waals surface area contributed by atoms with E-state index in [1.165, 1.54) is 51.8 Å². The molecule has 0 saturated heterocycles. The van der Waals surface area contributed by atoms with Crippen LogP contribution in [0.15, 0.2) is 0 Å². The summed E-state index contributed by atoms with van der Waals surface area (Å²) in [7, 11) is 0. The second-order valence-electron chi connectivity index (χ2n) is 6.66. The van der Waals surface area contributed by atoms with Crippen LogP contribution >= 0.6 is 0 Å². The first kappa shape index (κ1) is 22.0. The van der Waals surface area contributed by atoms with E-state index in [2.05, 4.69) is 20.8 Å². The van der Waals surface area contributed by atoms with Crippen LogP contribution in [0.4, 0.5) is 4.79 Å². The van der Waals surface area contributed by atoms with Crippen LogP contribution in [-0.2, 0) is 0 Å². The van der Waals surface area contributed by atoms with Crippen molar-refractivity contribution in [2.75, 3.05) is 17.7 Å². The van der Waals surface area contributed by atoms with Crippen LogP contribution in [0, 0.1) is 0 Å². The number of unbranched alkanes of at least 4 members (excludes halogenated alkanes) is 3. The molecule has 132 valence electrons. The van der Waals surface area contributed by atoms with Crippen molar-refractivity contribution < 1.29 is 9.90 Å². The third kappa shape index (κ3) is 9.23. The summed E-state index contributed by atoms with van der Waals surface area (Å²) in [4.78, 5) is 13.3. The monoisotopic (exact) mass is 422 g/mol. The molecule has 0 aliphatic carbocycles. The Balaban J connectivity index is 5.04. The van der Waals surface area contributed by atoms with Crippen LogP contribution < -0.4 is 5.73 Å². The van der Waals surface area contributed by atoms with Crippen molar-refractivity contribution in [3.8, 4) is 0 Å². The maximum atomic E-state index is 11.6. The Hall–Kier alpha value is 0.0287. The summed E-state index contributed by atoms with van der Waals surface area (Å²) in [5.41, 5.74) is 5.58. The fourth-order valence-corrected chi connectivity index (χ4v) is 19.3. The number of carbonyl (C=O) groups is 1. The fourth-order valence-electron chi connectivity index (χ4n) is 3.20. The van der Waals surface area contributed by atoms with Crippen LogP contribution in [0.3, 0.4) is 0 Å². The third-order valence-electron chi connectivity index (χ3n) is 4.61. The average molecular weight is 421 g/mol. The second kappa shape index (κ2) is 13.5. The van der Waals surface area contributed by atoms with Gasteiger partial charge in [-0.05, 0) is 0 Å². The number of rotatable bonds is 14. The molecular formula is C17H38N2O2Sn. The van der Waals surface area contributed by atoms with Gasteiger partial charge in [-0.2, -0.15) is 0 Å². The van der Waals surface area contributed by atoms with Crippen LogP contribution in [0.25, 0.3) is 0 Å². The van der Waals surface area contributed by atoms with Gasteiger partial charge in [0.05, 0.1) is 0 Å². The van der Waals surface area contributed by atoms with Gasteiger partial charge in [-0.3, -0.25) is 0 Å². The van der Waals surface area contributed by atoms with Gasteiger partial charge in [-0.1, -0.05) is 0 Å². The van der Waals surface area contributed by atoms with Crippen molar-refractivity contribution >= 4 is 24.5 Å². The van der Waals surface area contributed by atoms with Gasteiger partial charge in [-0.15, -0.1) is 0 Å². The molecule has 0 atom stereocenters. The quantitative estimate of drug-likeness (QED) is 0.400. The van der Waals surface area contributed by atoms with E-state index in [1.807, 2.05) is 0 Å². The topological polar surface area (TPSA) is 66.6 Å². The fraction of sp³-hybridized carbons (Fsp3) is 0.941. The summed E-state index contributed by atoms with van der Waals surface area (Å²) in [6.07, 6.45) is 7.59. The molecule has 0 aromatic rings. The zero-order chi connectivity index (χ0) is 16.8. The number of carboxylic acid groups (broad SMARTS) is 1. The number of amides is 1. The van der Waals surface area contributed by atoms with Gasteiger partial charge in [0.25, 0.3) is 0 Å². The molecule has 22 heavy (non-hydrogen) atoms. The molecule has 0 fully saturated rings. The Labute approximate surface area is 141 Å². The van der Waals surface area contributed by atoms with Gasteiger partial charge in [0.15, 0.2) is 0 Å². The predicted molar refractivity (Wildman–Crippen MR) is 98.2 cm³/mol. The summed E-state index contributed by atoms with van der Waals surface area (Å²) in [5, 5.41) is 9.56. The summed E-state index contributed by atoms with van der Waals surface area (Å²) >= 11 is -2.40. The molecule has 0 aromatic carbocycles. The SMILES string of the molecule is CCC[CH2][Sn]([CH2]CCC)([CH2]CCC)[CH2]N(CCCN)C(=O)O. The molecule has 0 bridgehead atoms. The van der Waals surface area contributed by atoms with Crippen molar-refractivity contribution in [2.24, 2.45) is 5.73 Å². The summed E-state index contributed by atoms with van der Waals surface area (Å²) in [5.74, 6) is 0. The van der Waals surface area contributed by atoms with Crippen LogP contribution in [0.1, 0.15) is 65.7 Å². The standard InChI is InChI=1S/C5H11N2O2.3C4H9.Sn/c1-7(5(8)9)4-2-3-6;3*1-3-4-2;/h1-4,6H2,(H,8,9);3*1,3-4H2,2H3;. The number of hydrogen-bond donors (Lipinski definition) is 2. The van der Waals surface area contributed by atoms with E-state index < -0.39 is 24.5 Å². The maximum absolute atomic E-state index is 11.6. The van der Waals surface area contributed by atoms with Crippen molar-refractivity contribution in [1.29, 1.82) is 0 Å². The number of nitrogens with two attached hydrogens (primary N) is 1. The molecule has 0 saturated carbocycles. The molecule has 0 heterocycles. The third-order valence-corrected chi connectivity index (χ3v) is 19.7. The molecule has 0 rings (SSSR count). The molecule has 1 amide bonds. The summed E-state index contributed by atoms with van der Waals surface area (Å²) < 4.78 is 4.97. The molecule has 3 N–H and O–H groups in total. The van der Waals surface area contributed by atoms with E-state index in [0.29, 0.717) is 13.1 Å². The van der Waals surface area contributed by atoms with E-state index in [0.717, 1.165) is 11.0 Å². The molecule has 0 aromatic heterocycles. The van der Waals surface area contributed by atoms with E-state index in [4.69, 9.17) is 5.73 Å². The molecule has 0 aliphatic rings. The second-order valence-corrected chi connectivity index (χ2v) is 20.4. The zero-order valence-corrected chi connectivity index (χ0v) is 17.9. The van der Waals surface area contributed by atoms with Crippen LogP contribution in [0.2, 0.25) is 13.3 Å².